The molecule has 0 aromatic heterocycles. The van der Waals surface area contributed by atoms with Gasteiger partial charge in [-0.2, -0.15) is 0 Å². The van der Waals surface area contributed by atoms with Gasteiger partial charge in [0.2, 0.25) is 11.8 Å². The molecule has 0 fully saturated rings. The lowest BCUT2D eigenvalue weighted by molar-refractivity contribution is -0.148. The number of carboxylic acids is 1. The van der Waals surface area contributed by atoms with E-state index in [0.29, 0.717) is 6.42 Å². The number of carbonyl (C=O) groups is 3. The summed E-state index contributed by atoms with van der Waals surface area (Å²) in [4.78, 5) is 36.4. The molecule has 6 nitrogen and oxygen atoms in total. The Morgan fingerprint density at radius 2 is 1.31 bits per heavy atom. The maximum absolute atomic E-state index is 12.6. The average molecular weight is 371 g/mol. The summed E-state index contributed by atoms with van der Waals surface area (Å²) in [5.41, 5.74) is -2.26. The van der Waals surface area contributed by atoms with Crippen molar-refractivity contribution in [1.82, 2.24) is 10.6 Å². The highest BCUT2D eigenvalue weighted by molar-refractivity contribution is 5.89. The number of carboxylic acid groups (broad SMARTS) is 1. The maximum atomic E-state index is 12.6. The van der Waals surface area contributed by atoms with E-state index in [1.807, 2.05) is 13.8 Å². The minimum atomic E-state index is -0.960. The molecule has 26 heavy (non-hydrogen) atoms. The van der Waals surface area contributed by atoms with Gasteiger partial charge in [0.25, 0.3) is 0 Å². The lowest BCUT2D eigenvalue weighted by Crippen LogP contribution is -2.55. The molecule has 2 amide bonds. The zero-order valence-corrected chi connectivity index (χ0v) is 18.2. The molecule has 1 atom stereocenters. The van der Waals surface area contributed by atoms with Gasteiger partial charge >= 0.3 is 5.97 Å². The lowest BCUT2D eigenvalue weighted by Gasteiger charge is -2.35. The van der Waals surface area contributed by atoms with Crippen LogP contribution in [0.1, 0.15) is 82.1 Å². The standard InChI is InChI=1S/C20H38N2O4/c1-13(21-15(24)18(5,6)11-17(2,3)4)14(23)22-20(9,10)12-19(7,8)16(25)26/h13H,11-12H2,1-10H3,(H,21,24)(H,22,23)(H,25,26). The Labute approximate surface area is 158 Å². The number of carbonyl (C=O) groups excluding carboxylic acids is 2. The first kappa shape index (κ1) is 24.4. The van der Waals surface area contributed by atoms with Crippen molar-refractivity contribution in [2.24, 2.45) is 16.2 Å². The van der Waals surface area contributed by atoms with Crippen molar-refractivity contribution in [3.05, 3.63) is 0 Å². The van der Waals surface area contributed by atoms with Gasteiger partial charge in [-0.1, -0.05) is 34.6 Å². The van der Waals surface area contributed by atoms with Crippen LogP contribution < -0.4 is 10.6 Å². The fourth-order valence-corrected chi connectivity index (χ4v) is 3.53. The van der Waals surface area contributed by atoms with Crippen LogP contribution in [0.4, 0.5) is 0 Å². The second kappa shape index (κ2) is 7.97. The number of hydrogen-bond donors (Lipinski definition) is 3. The van der Waals surface area contributed by atoms with E-state index >= 15 is 0 Å². The molecule has 0 rings (SSSR count). The summed E-state index contributed by atoms with van der Waals surface area (Å²) in [5.74, 6) is -1.40. The van der Waals surface area contributed by atoms with Crippen molar-refractivity contribution in [2.45, 2.75) is 93.7 Å². The Hall–Kier alpha value is -1.59. The van der Waals surface area contributed by atoms with Crippen molar-refractivity contribution in [3.63, 3.8) is 0 Å². The lowest BCUT2D eigenvalue weighted by atomic mass is 9.75. The van der Waals surface area contributed by atoms with Gasteiger partial charge in [-0.25, -0.2) is 0 Å². The van der Waals surface area contributed by atoms with Gasteiger partial charge in [0.15, 0.2) is 0 Å². The van der Waals surface area contributed by atoms with Crippen LogP contribution in [0.15, 0.2) is 0 Å². The fourth-order valence-electron chi connectivity index (χ4n) is 3.53. The van der Waals surface area contributed by atoms with Gasteiger partial charge in [0, 0.05) is 11.0 Å². The first-order chi connectivity index (χ1) is 11.3. The third-order valence-electron chi connectivity index (χ3n) is 4.25. The molecule has 0 aliphatic heterocycles. The summed E-state index contributed by atoms with van der Waals surface area (Å²) in [5, 5.41) is 14.9. The number of aliphatic carboxylic acids is 1. The van der Waals surface area contributed by atoms with Crippen molar-refractivity contribution in [1.29, 1.82) is 0 Å². The average Bonchev–Trinajstić information content (AvgIpc) is 2.33. The van der Waals surface area contributed by atoms with E-state index in [2.05, 4.69) is 31.4 Å². The molecule has 0 heterocycles. The van der Waals surface area contributed by atoms with Crippen LogP contribution in [0.2, 0.25) is 0 Å². The van der Waals surface area contributed by atoms with Crippen LogP contribution in [-0.4, -0.2) is 34.5 Å². The number of amides is 2. The van der Waals surface area contributed by atoms with E-state index in [9.17, 15) is 19.5 Å². The normalized spacial score (nSPS) is 14.5. The van der Waals surface area contributed by atoms with E-state index in [-0.39, 0.29) is 23.7 Å². The summed E-state index contributed by atoms with van der Waals surface area (Å²) in [7, 11) is 0. The predicted molar refractivity (Wildman–Crippen MR) is 104 cm³/mol. The van der Waals surface area contributed by atoms with Crippen molar-refractivity contribution >= 4 is 17.8 Å². The molecule has 1 unspecified atom stereocenters. The second-order valence-corrected chi connectivity index (χ2v) is 10.6. The van der Waals surface area contributed by atoms with Gasteiger partial charge in [0.05, 0.1) is 5.41 Å². The minimum Gasteiger partial charge on any atom is -0.481 e. The van der Waals surface area contributed by atoms with Crippen molar-refractivity contribution < 1.29 is 19.5 Å². The summed E-state index contributed by atoms with van der Waals surface area (Å²) < 4.78 is 0. The minimum absolute atomic E-state index is 0.00323. The molecule has 0 spiro atoms. The van der Waals surface area contributed by atoms with E-state index in [4.69, 9.17) is 0 Å². The molecule has 0 bridgehead atoms. The number of rotatable bonds is 8. The summed E-state index contributed by atoms with van der Waals surface area (Å²) >= 11 is 0. The fraction of sp³-hybridized carbons (Fsp3) is 0.850. The third kappa shape index (κ3) is 8.19. The monoisotopic (exact) mass is 370 g/mol. The molecule has 0 saturated heterocycles. The Morgan fingerprint density at radius 3 is 1.69 bits per heavy atom. The van der Waals surface area contributed by atoms with Crippen LogP contribution in [-0.2, 0) is 14.4 Å². The molecule has 0 saturated carbocycles. The van der Waals surface area contributed by atoms with Gasteiger partial charge < -0.3 is 15.7 Å². The molecule has 0 aliphatic rings. The third-order valence-corrected chi connectivity index (χ3v) is 4.25. The molecule has 0 aliphatic carbocycles. The summed E-state index contributed by atoms with van der Waals surface area (Å²) in [6.07, 6.45) is 0.968. The zero-order valence-electron chi connectivity index (χ0n) is 18.2. The van der Waals surface area contributed by atoms with Crippen LogP contribution in [0.25, 0.3) is 0 Å². The Morgan fingerprint density at radius 1 is 0.846 bits per heavy atom. The molecule has 0 radical (unpaired) electrons. The highest BCUT2D eigenvalue weighted by Gasteiger charge is 2.37. The van der Waals surface area contributed by atoms with Gasteiger partial charge in [-0.05, 0) is 52.9 Å². The first-order valence-electron chi connectivity index (χ1n) is 9.15. The second-order valence-electron chi connectivity index (χ2n) is 10.6. The molecule has 0 aromatic rings. The molecule has 152 valence electrons. The zero-order chi connectivity index (χ0) is 21.1. The van der Waals surface area contributed by atoms with Crippen LogP contribution in [0, 0.1) is 16.2 Å². The Bertz CT molecular complexity index is 543. The SMILES string of the molecule is CC(NC(=O)C(C)(C)CC(C)(C)C)C(=O)NC(C)(C)CC(C)(C)C(=O)O. The molecular weight excluding hydrogens is 332 g/mol. The molecule has 0 aromatic carbocycles. The summed E-state index contributed by atoms with van der Waals surface area (Å²) in [6.45, 7) is 18.4. The van der Waals surface area contributed by atoms with Crippen LogP contribution >= 0.6 is 0 Å². The number of nitrogens with one attached hydrogen (secondary N) is 2. The van der Waals surface area contributed by atoms with Gasteiger partial charge in [0.1, 0.15) is 6.04 Å². The largest absolute Gasteiger partial charge is 0.481 e. The predicted octanol–water partition coefficient (Wildman–Crippen LogP) is 3.35. The van der Waals surface area contributed by atoms with Crippen molar-refractivity contribution in [2.75, 3.05) is 0 Å². The molecule has 6 heteroatoms. The highest BCUT2D eigenvalue weighted by atomic mass is 16.4. The number of hydrogen-bond acceptors (Lipinski definition) is 3. The van der Waals surface area contributed by atoms with E-state index < -0.39 is 28.4 Å². The molecular formula is C20H38N2O4. The van der Waals surface area contributed by atoms with Crippen LogP contribution in [0.5, 0.6) is 0 Å². The van der Waals surface area contributed by atoms with E-state index in [1.165, 1.54) is 0 Å². The smallest absolute Gasteiger partial charge is 0.309 e. The van der Waals surface area contributed by atoms with E-state index in [1.54, 1.807) is 34.6 Å². The quantitative estimate of drug-likeness (QED) is 0.610. The van der Waals surface area contributed by atoms with E-state index in [0.717, 1.165) is 0 Å². The van der Waals surface area contributed by atoms with Gasteiger partial charge in [-0.15, -0.1) is 0 Å². The molecule has 3 N–H and O–H groups in total. The Balaban J connectivity index is 4.92. The maximum Gasteiger partial charge on any atom is 0.309 e. The summed E-state index contributed by atoms with van der Waals surface area (Å²) in [6, 6.07) is -0.700. The van der Waals surface area contributed by atoms with Crippen LogP contribution in [0.3, 0.4) is 0 Å². The van der Waals surface area contributed by atoms with Gasteiger partial charge in [-0.3, -0.25) is 14.4 Å². The topological polar surface area (TPSA) is 95.5 Å². The Kier molecular flexibility index (Phi) is 7.48. The highest BCUT2D eigenvalue weighted by Crippen LogP contribution is 2.33. The first-order valence-corrected chi connectivity index (χ1v) is 9.15. The van der Waals surface area contributed by atoms with Crippen molar-refractivity contribution in [3.8, 4) is 0 Å².